The van der Waals surface area contributed by atoms with Crippen LogP contribution in [0.25, 0.3) is 0 Å². The van der Waals surface area contributed by atoms with E-state index >= 15 is 0 Å². The molecule has 0 unspecified atom stereocenters. The predicted octanol–water partition coefficient (Wildman–Crippen LogP) is 1.75. The highest BCUT2D eigenvalue weighted by atomic mass is 32.2. The van der Waals surface area contributed by atoms with Gasteiger partial charge in [-0.05, 0) is 61.4 Å². The zero-order chi connectivity index (χ0) is 22.6. The number of nitrogens with zero attached hydrogens (tertiary/aromatic N) is 2. The SMILES string of the molecule is COc1ccc(S(=O)(=O)N(CC(=O)N2CCC(C(N)=O)CC2)c2ccc(F)cc2)cc1. The minimum absolute atomic E-state index is 0.0298. The Hall–Kier alpha value is -3.14. The third-order valence-electron chi connectivity index (χ3n) is 5.29. The van der Waals surface area contributed by atoms with Crippen LogP contribution in [0.5, 0.6) is 5.75 Å². The van der Waals surface area contributed by atoms with Crippen LogP contribution in [0.1, 0.15) is 12.8 Å². The van der Waals surface area contributed by atoms with Crippen LogP contribution < -0.4 is 14.8 Å². The summed E-state index contributed by atoms with van der Waals surface area (Å²) < 4.78 is 46.1. The molecule has 0 atom stereocenters. The fourth-order valence-electron chi connectivity index (χ4n) is 3.43. The topological polar surface area (TPSA) is 110 Å². The van der Waals surface area contributed by atoms with Crippen LogP contribution >= 0.6 is 0 Å². The van der Waals surface area contributed by atoms with Crippen molar-refractivity contribution in [1.82, 2.24) is 4.90 Å². The Bertz CT molecular complexity index is 1030. The Kier molecular flexibility index (Phi) is 6.79. The van der Waals surface area contributed by atoms with Gasteiger partial charge >= 0.3 is 0 Å². The number of likely N-dealkylation sites (tertiary alicyclic amines) is 1. The maximum atomic E-state index is 13.4. The lowest BCUT2D eigenvalue weighted by Gasteiger charge is -2.33. The molecule has 0 aromatic heterocycles. The van der Waals surface area contributed by atoms with Gasteiger partial charge in [0.15, 0.2) is 0 Å². The van der Waals surface area contributed by atoms with Gasteiger partial charge in [0, 0.05) is 19.0 Å². The minimum Gasteiger partial charge on any atom is -0.497 e. The van der Waals surface area contributed by atoms with Gasteiger partial charge < -0.3 is 15.4 Å². The maximum Gasteiger partial charge on any atom is 0.264 e. The van der Waals surface area contributed by atoms with Crippen LogP contribution in [-0.2, 0) is 19.6 Å². The van der Waals surface area contributed by atoms with E-state index in [0.717, 1.165) is 16.4 Å². The number of primary amides is 1. The molecule has 31 heavy (non-hydrogen) atoms. The summed E-state index contributed by atoms with van der Waals surface area (Å²) in [4.78, 5) is 25.7. The molecule has 1 saturated heterocycles. The fourth-order valence-corrected chi connectivity index (χ4v) is 4.85. The van der Waals surface area contributed by atoms with Crippen LogP contribution in [0.2, 0.25) is 0 Å². The zero-order valence-corrected chi connectivity index (χ0v) is 17.8. The second-order valence-corrected chi connectivity index (χ2v) is 9.08. The molecule has 1 heterocycles. The van der Waals surface area contributed by atoms with E-state index in [1.54, 1.807) is 0 Å². The van der Waals surface area contributed by atoms with Gasteiger partial charge in [-0.15, -0.1) is 0 Å². The number of piperidine rings is 1. The normalized spacial score (nSPS) is 14.8. The van der Waals surface area contributed by atoms with Crippen molar-refractivity contribution in [3.63, 3.8) is 0 Å². The average molecular weight is 450 g/mol. The molecule has 0 aliphatic carbocycles. The molecule has 8 nitrogen and oxygen atoms in total. The number of ether oxygens (including phenoxy) is 1. The Morgan fingerprint density at radius 2 is 1.68 bits per heavy atom. The Morgan fingerprint density at radius 1 is 1.10 bits per heavy atom. The minimum atomic E-state index is -4.12. The summed E-state index contributed by atoms with van der Waals surface area (Å²) in [6.45, 7) is 0.166. The summed E-state index contributed by atoms with van der Waals surface area (Å²) in [6, 6.07) is 10.7. The Morgan fingerprint density at radius 3 is 2.19 bits per heavy atom. The van der Waals surface area contributed by atoms with E-state index < -0.39 is 34.2 Å². The standard InChI is InChI=1S/C21H24FN3O5S/c1-30-18-6-8-19(9-7-18)31(28,29)25(17-4-2-16(22)3-5-17)14-20(26)24-12-10-15(11-13-24)21(23)27/h2-9,15H,10-14H2,1H3,(H2,23,27). The molecule has 2 aromatic rings. The van der Waals surface area contributed by atoms with Crippen molar-refractivity contribution in [1.29, 1.82) is 0 Å². The lowest BCUT2D eigenvalue weighted by Crippen LogP contribution is -2.47. The number of amides is 2. The second kappa shape index (κ2) is 9.34. The number of anilines is 1. The van der Waals surface area contributed by atoms with Gasteiger partial charge in [0.2, 0.25) is 11.8 Å². The zero-order valence-electron chi connectivity index (χ0n) is 17.0. The van der Waals surface area contributed by atoms with Crippen LogP contribution in [0.4, 0.5) is 10.1 Å². The molecule has 1 aliphatic rings. The van der Waals surface area contributed by atoms with Gasteiger partial charge in [-0.25, -0.2) is 12.8 Å². The number of benzene rings is 2. The summed E-state index contributed by atoms with van der Waals surface area (Å²) in [5, 5.41) is 0. The highest BCUT2D eigenvalue weighted by Gasteiger charge is 2.31. The summed E-state index contributed by atoms with van der Waals surface area (Å²) in [5.74, 6) is -1.14. The van der Waals surface area contributed by atoms with E-state index in [1.165, 1.54) is 48.4 Å². The van der Waals surface area contributed by atoms with Crippen molar-refractivity contribution in [3.8, 4) is 5.75 Å². The van der Waals surface area contributed by atoms with Gasteiger partial charge in [0.1, 0.15) is 18.1 Å². The highest BCUT2D eigenvalue weighted by Crippen LogP contribution is 2.26. The molecule has 1 aliphatic heterocycles. The maximum absolute atomic E-state index is 13.4. The lowest BCUT2D eigenvalue weighted by molar-refractivity contribution is -0.133. The largest absolute Gasteiger partial charge is 0.497 e. The lowest BCUT2D eigenvalue weighted by atomic mass is 9.96. The van der Waals surface area contributed by atoms with Crippen molar-refractivity contribution < 1.29 is 27.1 Å². The van der Waals surface area contributed by atoms with E-state index in [-0.39, 0.29) is 16.5 Å². The van der Waals surface area contributed by atoms with Crippen LogP contribution in [0.15, 0.2) is 53.4 Å². The first kappa shape index (κ1) is 22.5. The number of hydrogen-bond acceptors (Lipinski definition) is 5. The first-order valence-electron chi connectivity index (χ1n) is 9.72. The first-order chi connectivity index (χ1) is 14.7. The van der Waals surface area contributed by atoms with E-state index in [0.29, 0.717) is 31.7 Å². The molecule has 2 aromatic carbocycles. The molecule has 166 valence electrons. The molecule has 0 spiro atoms. The summed E-state index contributed by atoms with van der Waals surface area (Å²) in [6.07, 6.45) is 0.867. The predicted molar refractivity (Wildman–Crippen MR) is 112 cm³/mol. The number of methoxy groups -OCH3 is 1. The van der Waals surface area contributed by atoms with E-state index in [9.17, 15) is 22.4 Å². The van der Waals surface area contributed by atoms with Gasteiger partial charge in [0.05, 0.1) is 17.7 Å². The molecule has 1 fully saturated rings. The number of halogens is 1. The molecule has 10 heteroatoms. The number of nitrogens with two attached hydrogens (primary N) is 1. The molecule has 0 saturated carbocycles. The number of rotatable bonds is 7. The van der Waals surface area contributed by atoms with Gasteiger partial charge in [0.25, 0.3) is 10.0 Å². The van der Waals surface area contributed by atoms with E-state index in [2.05, 4.69) is 0 Å². The van der Waals surface area contributed by atoms with Crippen molar-refractivity contribution in [2.24, 2.45) is 11.7 Å². The Labute approximate surface area is 180 Å². The molecule has 0 bridgehead atoms. The van der Waals surface area contributed by atoms with Crippen molar-refractivity contribution >= 4 is 27.5 Å². The molecule has 3 rings (SSSR count). The smallest absolute Gasteiger partial charge is 0.264 e. The summed E-state index contributed by atoms with van der Waals surface area (Å²) in [5.41, 5.74) is 5.49. The van der Waals surface area contributed by atoms with Crippen molar-refractivity contribution in [2.45, 2.75) is 17.7 Å². The Balaban J connectivity index is 1.87. The van der Waals surface area contributed by atoms with E-state index in [1.807, 2.05) is 0 Å². The van der Waals surface area contributed by atoms with Crippen LogP contribution in [0, 0.1) is 11.7 Å². The summed E-state index contributed by atoms with van der Waals surface area (Å²) in [7, 11) is -2.65. The number of sulfonamides is 1. The van der Waals surface area contributed by atoms with Crippen molar-refractivity contribution in [2.75, 3.05) is 31.0 Å². The molecule has 0 radical (unpaired) electrons. The average Bonchev–Trinajstić information content (AvgIpc) is 2.78. The summed E-state index contributed by atoms with van der Waals surface area (Å²) >= 11 is 0. The number of carbonyl (C=O) groups excluding carboxylic acids is 2. The third kappa shape index (κ3) is 5.13. The first-order valence-corrected chi connectivity index (χ1v) is 11.2. The number of carbonyl (C=O) groups is 2. The fraction of sp³-hybridized carbons (Fsp3) is 0.333. The van der Waals surface area contributed by atoms with Gasteiger partial charge in [-0.1, -0.05) is 0 Å². The molecule has 2 N–H and O–H groups in total. The van der Waals surface area contributed by atoms with Crippen molar-refractivity contribution in [3.05, 3.63) is 54.3 Å². The third-order valence-corrected chi connectivity index (χ3v) is 7.08. The van der Waals surface area contributed by atoms with E-state index in [4.69, 9.17) is 10.5 Å². The number of hydrogen-bond donors (Lipinski definition) is 1. The van der Waals surface area contributed by atoms with Gasteiger partial charge in [-0.3, -0.25) is 13.9 Å². The monoisotopic (exact) mass is 449 g/mol. The highest BCUT2D eigenvalue weighted by molar-refractivity contribution is 7.92. The molecular formula is C21H24FN3O5S. The molecule has 2 amide bonds. The second-order valence-electron chi connectivity index (χ2n) is 7.22. The molecular weight excluding hydrogens is 425 g/mol. The van der Waals surface area contributed by atoms with Gasteiger partial charge in [-0.2, -0.15) is 0 Å². The van der Waals surface area contributed by atoms with Crippen LogP contribution in [-0.4, -0.2) is 51.9 Å². The van der Waals surface area contributed by atoms with Crippen LogP contribution in [0.3, 0.4) is 0 Å². The quantitative estimate of drug-likeness (QED) is 0.693.